The smallest absolute Gasteiger partial charge is 0.222 e. The summed E-state index contributed by atoms with van der Waals surface area (Å²) in [6.07, 6.45) is 1.01. The minimum atomic E-state index is -0.571. The predicted molar refractivity (Wildman–Crippen MR) is 65.3 cm³/mol. The van der Waals surface area contributed by atoms with Gasteiger partial charge in [0, 0.05) is 26.9 Å². The van der Waals surface area contributed by atoms with Gasteiger partial charge in [-0.25, -0.2) is 4.98 Å². The van der Waals surface area contributed by atoms with Crippen molar-refractivity contribution in [1.29, 1.82) is 0 Å². The van der Waals surface area contributed by atoms with Crippen LogP contribution in [0.2, 0.25) is 0 Å². The highest BCUT2D eigenvalue weighted by atomic mass is 79.9. The molecule has 1 aromatic heterocycles. The van der Waals surface area contributed by atoms with Crippen molar-refractivity contribution in [2.24, 2.45) is 0 Å². The van der Waals surface area contributed by atoms with Crippen LogP contribution in [0.5, 0.6) is 0 Å². The molecule has 3 N–H and O–H groups in total. The highest BCUT2D eigenvalue weighted by Gasteiger charge is 2.13. The fraction of sp³-hybridized carbons (Fsp3) is 0.556. The number of hydrogen-bond acceptors (Lipinski definition) is 6. The lowest BCUT2D eigenvalue weighted by Crippen LogP contribution is -2.32. The number of nitrogen functional groups attached to an aromatic ring is 1. The Hall–Kier alpha value is -0.920. The number of halogens is 1. The van der Waals surface area contributed by atoms with Gasteiger partial charge in [-0.3, -0.25) is 0 Å². The summed E-state index contributed by atoms with van der Waals surface area (Å²) in [4.78, 5) is 9.71. The maximum absolute atomic E-state index is 9.58. The molecule has 90 valence electrons. The molecule has 0 aromatic carbocycles. The first kappa shape index (κ1) is 13.1. The molecule has 0 saturated carbocycles. The zero-order chi connectivity index (χ0) is 12.1. The van der Waals surface area contributed by atoms with Crippen LogP contribution in [0, 0.1) is 0 Å². The molecule has 1 aromatic rings. The van der Waals surface area contributed by atoms with Gasteiger partial charge in [-0.15, -0.1) is 0 Å². The van der Waals surface area contributed by atoms with Crippen LogP contribution in [0.4, 0.5) is 11.8 Å². The van der Waals surface area contributed by atoms with Gasteiger partial charge in [0.05, 0.1) is 17.2 Å². The molecular weight excluding hydrogens is 276 g/mol. The molecule has 1 unspecified atom stereocenters. The third kappa shape index (κ3) is 3.58. The number of aliphatic hydroxyl groups excluding tert-OH is 1. The van der Waals surface area contributed by atoms with Gasteiger partial charge in [-0.05, 0) is 15.9 Å². The monoisotopic (exact) mass is 290 g/mol. The van der Waals surface area contributed by atoms with Crippen LogP contribution >= 0.6 is 15.9 Å². The normalized spacial score (nSPS) is 12.5. The Balaban J connectivity index is 2.72. The predicted octanol–water partition coefficient (Wildman–Crippen LogP) is 0.265. The van der Waals surface area contributed by atoms with Gasteiger partial charge in [-0.1, -0.05) is 0 Å². The largest absolute Gasteiger partial charge is 0.389 e. The maximum atomic E-state index is 9.58. The van der Waals surface area contributed by atoms with Gasteiger partial charge in [-0.2, -0.15) is 4.98 Å². The van der Waals surface area contributed by atoms with Gasteiger partial charge >= 0.3 is 0 Å². The molecule has 0 fully saturated rings. The van der Waals surface area contributed by atoms with E-state index in [0.717, 1.165) is 4.47 Å². The van der Waals surface area contributed by atoms with E-state index in [0.29, 0.717) is 12.4 Å². The first-order valence-electron chi connectivity index (χ1n) is 4.70. The van der Waals surface area contributed by atoms with Crippen molar-refractivity contribution >= 4 is 27.7 Å². The molecule has 0 radical (unpaired) electrons. The van der Waals surface area contributed by atoms with Crippen LogP contribution < -0.4 is 10.6 Å². The van der Waals surface area contributed by atoms with Crippen molar-refractivity contribution in [1.82, 2.24) is 9.97 Å². The van der Waals surface area contributed by atoms with E-state index in [2.05, 4.69) is 25.9 Å². The van der Waals surface area contributed by atoms with Gasteiger partial charge in [0.1, 0.15) is 5.82 Å². The van der Waals surface area contributed by atoms with Crippen molar-refractivity contribution in [3.63, 3.8) is 0 Å². The van der Waals surface area contributed by atoms with E-state index in [1.807, 2.05) is 7.05 Å². The summed E-state index contributed by atoms with van der Waals surface area (Å²) < 4.78 is 5.58. The molecule has 1 atom stereocenters. The molecular formula is C9H15BrN4O2. The average Bonchev–Trinajstić information content (AvgIpc) is 2.21. The second-order valence-electron chi connectivity index (χ2n) is 3.39. The standard InChI is InChI=1S/C9H15BrN4O2/c1-14(4-6(15)5-16-2)8-7(10)3-12-9(11)13-8/h3,6,15H,4-5H2,1-2H3,(H2,11,12,13). The fourth-order valence-electron chi connectivity index (χ4n) is 1.29. The summed E-state index contributed by atoms with van der Waals surface area (Å²) in [6, 6.07) is 0. The third-order valence-corrected chi connectivity index (χ3v) is 2.51. The Morgan fingerprint density at radius 1 is 1.69 bits per heavy atom. The summed E-state index contributed by atoms with van der Waals surface area (Å²) in [7, 11) is 3.35. The lowest BCUT2D eigenvalue weighted by molar-refractivity contribution is 0.0694. The Labute approximate surface area is 103 Å². The van der Waals surface area contributed by atoms with E-state index in [1.54, 1.807) is 18.2 Å². The molecule has 1 heterocycles. The average molecular weight is 291 g/mol. The Morgan fingerprint density at radius 3 is 3.00 bits per heavy atom. The number of nitrogens with two attached hydrogens (primary N) is 1. The van der Waals surface area contributed by atoms with E-state index >= 15 is 0 Å². The lowest BCUT2D eigenvalue weighted by atomic mass is 10.3. The number of anilines is 2. The fourth-order valence-corrected chi connectivity index (χ4v) is 1.78. The van der Waals surface area contributed by atoms with Gasteiger partial charge < -0.3 is 20.5 Å². The number of ether oxygens (including phenoxy) is 1. The number of rotatable bonds is 5. The molecule has 0 saturated heterocycles. The number of likely N-dealkylation sites (N-methyl/N-ethyl adjacent to an activating group) is 1. The number of methoxy groups -OCH3 is 1. The van der Waals surface area contributed by atoms with Crippen molar-refractivity contribution < 1.29 is 9.84 Å². The molecule has 0 aliphatic carbocycles. The van der Waals surface area contributed by atoms with E-state index < -0.39 is 6.10 Å². The Kier molecular flexibility index (Phi) is 4.91. The second-order valence-corrected chi connectivity index (χ2v) is 4.24. The van der Waals surface area contributed by atoms with Gasteiger partial charge in [0.2, 0.25) is 5.95 Å². The van der Waals surface area contributed by atoms with Gasteiger partial charge in [0.25, 0.3) is 0 Å². The van der Waals surface area contributed by atoms with Crippen molar-refractivity contribution in [2.45, 2.75) is 6.10 Å². The summed E-state index contributed by atoms with van der Waals surface area (Å²) in [5, 5.41) is 9.58. The maximum Gasteiger partial charge on any atom is 0.222 e. The van der Waals surface area contributed by atoms with Crippen molar-refractivity contribution in [2.75, 3.05) is 37.9 Å². The van der Waals surface area contributed by atoms with Crippen LogP contribution in [-0.2, 0) is 4.74 Å². The second kappa shape index (κ2) is 5.97. The molecule has 0 amide bonds. The Bertz CT molecular complexity index is 350. The highest BCUT2D eigenvalue weighted by molar-refractivity contribution is 9.10. The van der Waals surface area contributed by atoms with E-state index in [9.17, 15) is 5.11 Å². The number of aromatic nitrogens is 2. The first-order valence-corrected chi connectivity index (χ1v) is 5.50. The number of hydrogen-bond donors (Lipinski definition) is 2. The lowest BCUT2D eigenvalue weighted by Gasteiger charge is -2.22. The summed E-state index contributed by atoms with van der Waals surface area (Å²) in [5.74, 6) is 0.842. The van der Waals surface area contributed by atoms with E-state index in [4.69, 9.17) is 10.5 Å². The quantitative estimate of drug-likeness (QED) is 0.810. The van der Waals surface area contributed by atoms with E-state index in [1.165, 1.54) is 0 Å². The molecule has 6 nitrogen and oxygen atoms in total. The third-order valence-electron chi connectivity index (χ3n) is 1.95. The molecule has 1 rings (SSSR count). The SMILES string of the molecule is COCC(O)CN(C)c1nc(N)ncc1Br. The van der Waals surface area contributed by atoms with E-state index in [-0.39, 0.29) is 12.6 Å². The van der Waals surface area contributed by atoms with Crippen LogP contribution in [0.15, 0.2) is 10.7 Å². The minimum Gasteiger partial charge on any atom is -0.389 e. The zero-order valence-electron chi connectivity index (χ0n) is 9.22. The zero-order valence-corrected chi connectivity index (χ0v) is 10.8. The molecule has 0 spiro atoms. The summed E-state index contributed by atoms with van der Waals surface area (Å²) in [6.45, 7) is 0.686. The van der Waals surface area contributed by atoms with Gasteiger partial charge in [0.15, 0.2) is 0 Å². The van der Waals surface area contributed by atoms with Crippen LogP contribution in [0.25, 0.3) is 0 Å². The van der Waals surface area contributed by atoms with Crippen molar-refractivity contribution in [3.8, 4) is 0 Å². The van der Waals surface area contributed by atoms with Crippen LogP contribution in [0.1, 0.15) is 0 Å². The number of aliphatic hydroxyl groups is 1. The highest BCUT2D eigenvalue weighted by Crippen LogP contribution is 2.22. The topological polar surface area (TPSA) is 84.5 Å². The number of nitrogens with zero attached hydrogens (tertiary/aromatic N) is 3. The Morgan fingerprint density at radius 2 is 2.38 bits per heavy atom. The minimum absolute atomic E-state index is 0.200. The summed E-state index contributed by atoms with van der Waals surface area (Å²) in [5.41, 5.74) is 5.50. The van der Waals surface area contributed by atoms with Crippen LogP contribution in [0.3, 0.4) is 0 Å². The molecule has 7 heteroatoms. The summed E-state index contributed by atoms with van der Waals surface area (Å²) >= 11 is 3.32. The molecule has 0 aliphatic rings. The molecule has 0 aliphatic heterocycles. The van der Waals surface area contributed by atoms with Crippen LogP contribution in [-0.4, -0.2) is 48.5 Å². The molecule has 0 bridgehead atoms. The van der Waals surface area contributed by atoms with Crippen molar-refractivity contribution in [3.05, 3.63) is 10.7 Å². The molecule has 16 heavy (non-hydrogen) atoms. The first-order chi connectivity index (χ1) is 7.54.